The van der Waals surface area contributed by atoms with E-state index in [1.54, 1.807) is 0 Å². The van der Waals surface area contributed by atoms with E-state index in [0.29, 0.717) is 0 Å². The number of hydrogen-bond acceptors (Lipinski definition) is 1. The van der Waals surface area contributed by atoms with Gasteiger partial charge in [-0.3, -0.25) is 4.46 Å². The van der Waals surface area contributed by atoms with Gasteiger partial charge in [-0.15, -0.1) is 0 Å². The van der Waals surface area contributed by atoms with Crippen LogP contribution in [0.15, 0.2) is 0 Å². The van der Waals surface area contributed by atoms with Gasteiger partial charge in [0.2, 0.25) is 0 Å². The second kappa shape index (κ2) is 16.0. The summed E-state index contributed by atoms with van der Waals surface area (Å²) in [5, 5.41) is 0. The molecule has 0 radical (unpaired) electrons. The Kier molecular flexibility index (Phi) is 51.4. The third-order valence-electron chi connectivity index (χ3n) is 0. The van der Waals surface area contributed by atoms with E-state index in [9.17, 15) is 4.11 Å². The van der Waals surface area contributed by atoms with E-state index < -0.39 is 9.26 Å². The maximum atomic E-state index is 10.1. The molecule has 7 heavy (non-hydrogen) atoms. The Morgan fingerprint density at radius 1 is 1.43 bits per heavy atom. The van der Waals surface area contributed by atoms with Crippen LogP contribution in [0.2, 0.25) is 0 Å². The maximum absolute atomic E-state index is 10.1. The van der Waals surface area contributed by atoms with Crippen molar-refractivity contribution in [3.63, 3.8) is 0 Å². The molecule has 0 unspecified atom stereocenters. The van der Waals surface area contributed by atoms with Crippen LogP contribution in [0, 0.1) is 0 Å². The Hall–Kier alpha value is 2.92. The molecule has 0 aromatic heterocycles. The molecule has 34 valence electrons. The topological polar surface area (TPSA) is 37.3 Å². The monoisotopic (exact) mass is 172 g/mol. The average molecular weight is 173 g/mol. The zero-order chi connectivity index (χ0) is 3.58. The van der Waals surface area contributed by atoms with Gasteiger partial charge < -0.3 is 4.80 Å². The first-order valence-corrected chi connectivity index (χ1v) is 1.85. The third-order valence-corrected chi connectivity index (χ3v) is 0. The second-order valence-corrected chi connectivity index (χ2v) is 0.759. The van der Waals surface area contributed by atoms with E-state index >= 15 is 0 Å². The van der Waals surface area contributed by atoms with Crippen molar-refractivity contribution >= 4 is 107 Å². The predicted octanol–water partition coefficient (Wildman–Crippen LogP) is -3.12. The summed E-state index contributed by atoms with van der Waals surface area (Å²) in [7, 11) is -3.63. The number of hydrogen-bond donors (Lipinski definition) is 1. The summed E-state index contributed by atoms with van der Waals surface area (Å²) in [6, 6.07) is 0. The van der Waals surface area contributed by atoms with Gasteiger partial charge >= 0.3 is 107 Å². The smallest absolute Gasteiger partial charge is 0.316 e. The van der Waals surface area contributed by atoms with Crippen molar-refractivity contribution in [2.75, 3.05) is 0 Å². The SMILES string of the molecule is O=[Si](O)F.[KH].[MgH2].[MgH2]. The van der Waals surface area contributed by atoms with Gasteiger partial charge in [0, 0.05) is 0 Å². The molecule has 0 aromatic rings. The molecule has 7 heteroatoms. The van der Waals surface area contributed by atoms with Crippen LogP contribution in [-0.2, 0) is 4.46 Å². The minimum absolute atomic E-state index is 0. The summed E-state index contributed by atoms with van der Waals surface area (Å²) in [6.45, 7) is 0. The molecule has 0 rings (SSSR count). The van der Waals surface area contributed by atoms with Crippen LogP contribution in [-0.4, -0.2) is 112 Å². The first-order chi connectivity index (χ1) is 1.73. The predicted molar refractivity (Wildman–Crippen MR) is 34.0 cm³/mol. The average Bonchev–Trinajstić information content (AvgIpc) is 0.811. The van der Waals surface area contributed by atoms with Crippen molar-refractivity contribution in [2.45, 2.75) is 0 Å². The molecule has 0 saturated carbocycles. The molecular formula is H6FKMg2O2Si. The quantitative estimate of drug-likeness (QED) is 0.310. The summed E-state index contributed by atoms with van der Waals surface area (Å²) in [5.41, 5.74) is 0. The first-order valence-electron chi connectivity index (χ1n) is 0.617. The fourth-order valence-corrected chi connectivity index (χ4v) is 0. The van der Waals surface area contributed by atoms with E-state index in [4.69, 9.17) is 9.26 Å². The summed E-state index contributed by atoms with van der Waals surface area (Å²) in [5.74, 6) is 0. The Labute approximate surface area is 117 Å². The summed E-state index contributed by atoms with van der Waals surface area (Å²) < 4.78 is 18.6. The molecule has 0 aliphatic carbocycles. The molecule has 0 bridgehead atoms. The molecule has 0 atom stereocenters. The van der Waals surface area contributed by atoms with Crippen LogP contribution in [0.4, 0.5) is 4.11 Å². The van der Waals surface area contributed by atoms with Crippen LogP contribution < -0.4 is 0 Å². The van der Waals surface area contributed by atoms with E-state index in [2.05, 4.69) is 0 Å². The zero-order valence-corrected chi connectivity index (χ0v) is 2.73. The third kappa shape index (κ3) is 50.2. The van der Waals surface area contributed by atoms with Crippen molar-refractivity contribution in [3.8, 4) is 0 Å². The van der Waals surface area contributed by atoms with E-state index in [1.807, 2.05) is 0 Å². The van der Waals surface area contributed by atoms with Crippen LogP contribution in [0.25, 0.3) is 0 Å². The van der Waals surface area contributed by atoms with Crippen LogP contribution in [0.1, 0.15) is 0 Å². The summed E-state index contributed by atoms with van der Waals surface area (Å²) in [4.78, 5) is 6.94. The molecule has 0 spiro atoms. The molecule has 1 N–H and O–H groups in total. The van der Waals surface area contributed by atoms with E-state index in [0.717, 1.165) is 0 Å². The first kappa shape index (κ1) is 22.5. The van der Waals surface area contributed by atoms with Crippen LogP contribution in [0.5, 0.6) is 0 Å². The van der Waals surface area contributed by atoms with E-state index in [-0.39, 0.29) is 97.5 Å². The molecule has 2 nitrogen and oxygen atoms in total. The van der Waals surface area contributed by atoms with Gasteiger partial charge in [-0.1, -0.05) is 0 Å². The van der Waals surface area contributed by atoms with Crippen LogP contribution >= 0.6 is 0 Å². The van der Waals surface area contributed by atoms with Crippen molar-refractivity contribution in [2.24, 2.45) is 0 Å². The molecular weight excluding hydrogens is 167 g/mol. The van der Waals surface area contributed by atoms with Gasteiger partial charge in [0.1, 0.15) is 0 Å². The molecule has 0 amide bonds. The fraction of sp³-hybridized carbons (Fsp3) is 0. The van der Waals surface area contributed by atoms with Gasteiger partial charge in [-0.25, -0.2) is 0 Å². The van der Waals surface area contributed by atoms with Crippen molar-refractivity contribution < 1.29 is 13.4 Å². The van der Waals surface area contributed by atoms with Gasteiger partial charge in [-0.2, -0.15) is 4.11 Å². The zero-order valence-electron chi connectivity index (χ0n) is 1.73. The fourth-order valence-electron chi connectivity index (χ4n) is 0. The molecule has 0 heterocycles. The van der Waals surface area contributed by atoms with Crippen LogP contribution in [0.3, 0.4) is 0 Å². The molecule has 0 aliphatic rings. The molecule has 0 aromatic carbocycles. The molecule has 0 fully saturated rings. The van der Waals surface area contributed by atoms with Gasteiger partial charge in [0.25, 0.3) is 0 Å². The summed E-state index contributed by atoms with van der Waals surface area (Å²) in [6.07, 6.45) is 0. The largest absolute Gasteiger partial charge is 0.316 e. The van der Waals surface area contributed by atoms with Crippen molar-refractivity contribution in [3.05, 3.63) is 0 Å². The minimum atomic E-state index is -3.63. The molecule has 0 saturated heterocycles. The Morgan fingerprint density at radius 3 is 1.43 bits per heavy atom. The summed E-state index contributed by atoms with van der Waals surface area (Å²) >= 11 is 0. The Morgan fingerprint density at radius 2 is 1.43 bits per heavy atom. The number of halogens is 1. The maximum Gasteiger partial charge on any atom is 0.316 e. The van der Waals surface area contributed by atoms with Crippen molar-refractivity contribution in [1.29, 1.82) is 0 Å². The second-order valence-electron chi connectivity index (χ2n) is 0.253. The Balaban J connectivity index is -0.0000000150. The normalized spacial score (nSPS) is 3.57. The molecule has 0 aliphatic heterocycles. The van der Waals surface area contributed by atoms with E-state index in [1.165, 1.54) is 0 Å². The standard InChI is InChI=1S/FHO2Si.K.2Mg.5H/c1-4(2)3;;;;;;;;/h2H;;;;;;;;. The van der Waals surface area contributed by atoms with Gasteiger partial charge in [0.05, 0.1) is 0 Å². The van der Waals surface area contributed by atoms with Crippen molar-refractivity contribution in [1.82, 2.24) is 0 Å². The van der Waals surface area contributed by atoms with Gasteiger partial charge in [-0.05, 0) is 0 Å². The van der Waals surface area contributed by atoms with Gasteiger partial charge in [0.15, 0.2) is 0 Å². The number of rotatable bonds is 0. The minimum Gasteiger partial charge on any atom is 0.316 e. The Bertz CT molecular complexity index is 38.7.